The topological polar surface area (TPSA) is 0 Å². The van der Waals surface area contributed by atoms with Crippen molar-refractivity contribution in [2.24, 2.45) is 5.92 Å². The zero-order valence-corrected chi connectivity index (χ0v) is 6.51. The maximum absolute atomic E-state index is 3.97. The molecule has 1 unspecified atom stereocenters. The van der Waals surface area contributed by atoms with Crippen LogP contribution in [0.3, 0.4) is 0 Å². The maximum Gasteiger partial charge on any atom is 0.0157 e. The molecule has 0 saturated carbocycles. The van der Waals surface area contributed by atoms with E-state index in [1.165, 1.54) is 5.57 Å². The fourth-order valence-electron chi connectivity index (χ4n) is 1.12. The summed E-state index contributed by atoms with van der Waals surface area (Å²) < 4.78 is 0. The molecule has 1 atom stereocenters. The highest BCUT2D eigenvalue weighted by Gasteiger charge is 2.08. The molecule has 0 saturated heterocycles. The van der Waals surface area contributed by atoms with Gasteiger partial charge in [-0.15, -0.1) is 0 Å². The molecular formula is C10H14. The Kier molecular flexibility index (Phi) is 2.49. The Balaban J connectivity index is 2.48. The molecule has 0 N–H and O–H groups in total. The molecule has 1 aliphatic rings. The van der Waals surface area contributed by atoms with Gasteiger partial charge in [0.15, 0.2) is 0 Å². The first-order valence-corrected chi connectivity index (χ1v) is 3.85. The van der Waals surface area contributed by atoms with Crippen LogP contribution in [0.1, 0.15) is 19.8 Å². The first-order chi connectivity index (χ1) is 4.84. The van der Waals surface area contributed by atoms with Crippen LogP contribution in [0.2, 0.25) is 0 Å². The normalized spacial score (nSPS) is 24.9. The van der Waals surface area contributed by atoms with E-state index >= 15 is 0 Å². The standard InChI is InChI=1S/C10H14/c1-3-4-7-10-8-5-6-9(10)2/h4-5,7-8,10H,2-3,6H2,1H3. The van der Waals surface area contributed by atoms with Gasteiger partial charge in [-0.25, -0.2) is 0 Å². The zero-order valence-electron chi connectivity index (χ0n) is 6.51. The third kappa shape index (κ3) is 1.60. The second-order valence-corrected chi connectivity index (χ2v) is 2.65. The molecule has 1 aliphatic carbocycles. The third-order valence-electron chi connectivity index (χ3n) is 1.77. The summed E-state index contributed by atoms with van der Waals surface area (Å²) in [5, 5.41) is 0. The van der Waals surface area contributed by atoms with Crippen molar-refractivity contribution in [1.29, 1.82) is 0 Å². The molecule has 0 nitrogen and oxygen atoms in total. The summed E-state index contributed by atoms with van der Waals surface area (Å²) in [5.74, 6) is 0.528. The summed E-state index contributed by atoms with van der Waals surface area (Å²) in [6.07, 6.45) is 11.0. The van der Waals surface area contributed by atoms with Crippen molar-refractivity contribution in [3.05, 3.63) is 36.5 Å². The first-order valence-electron chi connectivity index (χ1n) is 3.85. The van der Waals surface area contributed by atoms with Crippen LogP contribution < -0.4 is 0 Å². The van der Waals surface area contributed by atoms with Crippen LogP contribution in [-0.4, -0.2) is 0 Å². The number of allylic oxidation sites excluding steroid dienone is 5. The summed E-state index contributed by atoms with van der Waals surface area (Å²) >= 11 is 0. The molecule has 0 bridgehead atoms. The Hall–Kier alpha value is -0.780. The van der Waals surface area contributed by atoms with Gasteiger partial charge in [0.05, 0.1) is 0 Å². The van der Waals surface area contributed by atoms with Crippen LogP contribution in [-0.2, 0) is 0 Å². The van der Waals surface area contributed by atoms with Gasteiger partial charge in [0.25, 0.3) is 0 Å². The van der Waals surface area contributed by atoms with E-state index in [0.717, 1.165) is 12.8 Å². The fraction of sp³-hybridized carbons (Fsp3) is 0.400. The minimum atomic E-state index is 0.528. The van der Waals surface area contributed by atoms with Gasteiger partial charge < -0.3 is 0 Å². The number of hydrogen-bond acceptors (Lipinski definition) is 0. The summed E-state index contributed by atoms with van der Waals surface area (Å²) in [5.41, 5.74) is 1.32. The Labute approximate surface area is 62.9 Å². The highest BCUT2D eigenvalue weighted by molar-refractivity contribution is 5.25. The van der Waals surface area contributed by atoms with E-state index in [9.17, 15) is 0 Å². The van der Waals surface area contributed by atoms with Gasteiger partial charge >= 0.3 is 0 Å². The van der Waals surface area contributed by atoms with Crippen molar-refractivity contribution in [2.45, 2.75) is 19.8 Å². The second kappa shape index (κ2) is 3.40. The van der Waals surface area contributed by atoms with Gasteiger partial charge in [-0.2, -0.15) is 0 Å². The molecule has 0 aromatic heterocycles. The van der Waals surface area contributed by atoms with Crippen LogP contribution >= 0.6 is 0 Å². The van der Waals surface area contributed by atoms with Gasteiger partial charge in [-0.3, -0.25) is 0 Å². The van der Waals surface area contributed by atoms with Crippen molar-refractivity contribution in [2.75, 3.05) is 0 Å². The van der Waals surface area contributed by atoms with Crippen LogP contribution in [0.5, 0.6) is 0 Å². The first kappa shape index (κ1) is 7.33. The number of rotatable bonds is 2. The Morgan fingerprint density at radius 3 is 3.10 bits per heavy atom. The summed E-state index contributed by atoms with van der Waals surface area (Å²) in [7, 11) is 0. The summed E-state index contributed by atoms with van der Waals surface area (Å²) in [6, 6.07) is 0. The van der Waals surface area contributed by atoms with Crippen molar-refractivity contribution in [1.82, 2.24) is 0 Å². The quantitative estimate of drug-likeness (QED) is 0.509. The van der Waals surface area contributed by atoms with E-state index in [4.69, 9.17) is 0 Å². The van der Waals surface area contributed by atoms with E-state index < -0.39 is 0 Å². The Morgan fingerprint density at radius 2 is 2.60 bits per heavy atom. The smallest absolute Gasteiger partial charge is 0.0157 e. The Morgan fingerprint density at radius 1 is 1.80 bits per heavy atom. The predicted octanol–water partition coefficient (Wildman–Crippen LogP) is 3.08. The van der Waals surface area contributed by atoms with Gasteiger partial charge in [0, 0.05) is 5.92 Å². The molecule has 0 heteroatoms. The SMILES string of the molecule is C=C1CC=CC1C=CCC. The lowest BCUT2D eigenvalue weighted by atomic mass is 10.0. The lowest BCUT2D eigenvalue weighted by Gasteiger charge is -2.01. The molecule has 0 aromatic carbocycles. The average molecular weight is 134 g/mol. The Bertz CT molecular complexity index is 172. The summed E-state index contributed by atoms with van der Waals surface area (Å²) in [6.45, 7) is 6.13. The number of hydrogen-bond donors (Lipinski definition) is 0. The summed E-state index contributed by atoms with van der Waals surface area (Å²) in [4.78, 5) is 0. The van der Waals surface area contributed by atoms with E-state index in [0.29, 0.717) is 5.92 Å². The van der Waals surface area contributed by atoms with Gasteiger partial charge in [0.1, 0.15) is 0 Å². The van der Waals surface area contributed by atoms with E-state index in [-0.39, 0.29) is 0 Å². The maximum atomic E-state index is 3.97. The molecule has 0 heterocycles. The second-order valence-electron chi connectivity index (χ2n) is 2.65. The average Bonchev–Trinajstić information content (AvgIpc) is 2.31. The lowest BCUT2D eigenvalue weighted by molar-refractivity contribution is 0.978. The van der Waals surface area contributed by atoms with Gasteiger partial charge in [-0.1, -0.05) is 43.4 Å². The van der Waals surface area contributed by atoms with Crippen LogP contribution in [0.4, 0.5) is 0 Å². The van der Waals surface area contributed by atoms with Crippen molar-refractivity contribution in [3.63, 3.8) is 0 Å². The van der Waals surface area contributed by atoms with E-state index in [1.54, 1.807) is 0 Å². The molecule has 0 aliphatic heterocycles. The van der Waals surface area contributed by atoms with Crippen LogP contribution in [0, 0.1) is 5.92 Å². The lowest BCUT2D eigenvalue weighted by Crippen LogP contribution is -1.87. The van der Waals surface area contributed by atoms with Crippen molar-refractivity contribution < 1.29 is 0 Å². The van der Waals surface area contributed by atoms with Crippen molar-refractivity contribution >= 4 is 0 Å². The molecule has 10 heavy (non-hydrogen) atoms. The van der Waals surface area contributed by atoms with Crippen molar-refractivity contribution in [3.8, 4) is 0 Å². The minimum absolute atomic E-state index is 0.528. The minimum Gasteiger partial charge on any atom is -0.0986 e. The molecule has 0 aromatic rings. The third-order valence-corrected chi connectivity index (χ3v) is 1.77. The highest BCUT2D eigenvalue weighted by atomic mass is 14.1. The largest absolute Gasteiger partial charge is 0.0986 e. The molecule has 0 spiro atoms. The molecule has 0 fully saturated rings. The molecule has 1 rings (SSSR count). The van der Waals surface area contributed by atoms with E-state index in [1.807, 2.05) is 0 Å². The van der Waals surface area contributed by atoms with Gasteiger partial charge in [-0.05, 0) is 12.8 Å². The monoisotopic (exact) mass is 134 g/mol. The van der Waals surface area contributed by atoms with E-state index in [2.05, 4.69) is 37.8 Å². The van der Waals surface area contributed by atoms with Crippen LogP contribution in [0.15, 0.2) is 36.5 Å². The highest BCUT2D eigenvalue weighted by Crippen LogP contribution is 2.23. The predicted molar refractivity (Wildman–Crippen MR) is 45.8 cm³/mol. The molecule has 54 valence electrons. The van der Waals surface area contributed by atoms with Gasteiger partial charge in [0.2, 0.25) is 0 Å². The molecule has 0 radical (unpaired) electrons. The zero-order chi connectivity index (χ0) is 7.40. The van der Waals surface area contributed by atoms with Crippen LogP contribution in [0.25, 0.3) is 0 Å². The fourth-order valence-corrected chi connectivity index (χ4v) is 1.12. The molecular weight excluding hydrogens is 120 g/mol. The molecule has 0 amide bonds.